The van der Waals surface area contributed by atoms with Gasteiger partial charge in [0.2, 0.25) is 0 Å². The van der Waals surface area contributed by atoms with E-state index in [1.165, 1.54) is 11.7 Å². The largest absolute Gasteiger partial charge is 0.452 e. The number of carbonyl (C=O) groups excluding carboxylic acids is 2. The molecule has 0 bridgehead atoms. The molecule has 0 saturated carbocycles. The topological polar surface area (TPSA) is 48.3 Å². The van der Waals surface area contributed by atoms with Gasteiger partial charge in [-0.1, -0.05) is 42.5 Å². The van der Waals surface area contributed by atoms with Crippen molar-refractivity contribution in [3.63, 3.8) is 0 Å². The van der Waals surface area contributed by atoms with Crippen molar-refractivity contribution in [1.29, 1.82) is 0 Å². The van der Waals surface area contributed by atoms with Crippen LogP contribution in [-0.4, -0.2) is 23.6 Å². The lowest BCUT2D eigenvalue weighted by Gasteiger charge is -2.07. The second kappa shape index (κ2) is 5.25. The average molecular weight is 279 g/mol. The number of fused-ring (bicyclic) bond motifs is 1. The summed E-state index contributed by atoms with van der Waals surface area (Å²) in [7, 11) is 1.32. The van der Waals surface area contributed by atoms with Crippen molar-refractivity contribution in [2.75, 3.05) is 7.11 Å². The number of ketones is 1. The fraction of sp³-hybridized carbons (Fsp3) is 0.0588. The van der Waals surface area contributed by atoms with Crippen LogP contribution in [0.5, 0.6) is 0 Å². The van der Waals surface area contributed by atoms with Crippen LogP contribution in [-0.2, 0) is 4.74 Å². The molecule has 2 aromatic carbocycles. The zero-order valence-corrected chi connectivity index (χ0v) is 11.4. The van der Waals surface area contributed by atoms with Gasteiger partial charge in [0.25, 0.3) is 0 Å². The van der Waals surface area contributed by atoms with Gasteiger partial charge in [-0.2, -0.15) is 0 Å². The van der Waals surface area contributed by atoms with Crippen LogP contribution in [0.15, 0.2) is 60.8 Å². The van der Waals surface area contributed by atoms with Gasteiger partial charge < -0.3 is 4.74 Å². The summed E-state index contributed by atoms with van der Waals surface area (Å²) in [6, 6.07) is 16.2. The number of hydrogen-bond donors (Lipinski definition) is 0. The first-order valence-electron chi connectivity index (χ1n) is 6.50. The molecule has 1 heterocycles. The van der Waals surface area contributed by atoms with Crippen molar-refractivity contribution < 1.29 is 14.3 Å². The Morgan fingerprint density at radius 2 is 1.71 bits per heavy atom. The van der Waals surface area contributed by atoms with Crippen LogP contribution in [0.2, 0.25) is 0 Å². The lowest BCUT2D eigenvalue weighted by atomic mass is 10.0. The van der Waals surface area contributed by atoms with Crippen LogP contribution in [0.3, 0.4) is 0 Å². The van der Waals surface area contributed by atoms with Crippen LogP contribution >= 0.6 is 0 Å². The number of nitrogens with zero attached hydrogens (tertiary/aromatic N) is 1. The van der Waals surface area contributed by atoms with Crippen molar-refractivity contribution in [3.8, 4) is 0 Å². The van der Waals surface area contributed by atoms with E-state index in [1.807, 2.05) is 24.3 Å². The smallest absolute Gasteiger partial charge is 0.418 e. The highest BCUT2D eigenvalue weighted by molar-refractivity contribution is 6.16. The fourth-order valence-electron chi connectivity index (χ4n) is 2.37. The number of ether oxygens (including phenoxy) is 1. The Kier molecular flexibility index (Phi) is 3.28. The third-order valence-corrected chi connectivity index (χ3v) is 3.36. The van der Waals surface area contributed by atoms with E-state index in [2.05, 4.69) is 0 Å². The second-order valence-electron chi connectivity index (χ2n) is 4.59. The molecular formula is C17H13NO3. The van der Waals surface area contributed by atoms with E-state index >= 15 is 0 Å². The molecular weight excluding hydrogens is 266 g/mol. The molecule has 21 heavy (non-hydrogen) atoms. The maximum absolute atomic E-state index is 12.7. The van der Waals surface area contributed by atoms with Crippen molar-refractivity contribution in [2.45, 2.75) is 0 Å². The summed E-state index contributed by atoms with van der Waals surface area (Å²) in [4.78, 5) is 24.5. The monoisotopic (exact) mass is 279 g/mol. The van der Waals surface area contributed by atoms with Crippen molar-refractivity contribution in [1.82, 2.24) is 4.57 Å². The van der Waals surface area contributed by atoms with Gasteiger partial charge in [0.05, 0.1) is 12.6 Å². The van der Waals surface area contributed by atoms with Crippen molar-refractivity contribution >= 4 is 22.8 Å². The minimum absolute atomic E-state index is 0.120. The van der Waals surface area contributed by atoms with Gasteiger partial charge in [0.15, 0.2) is 5.78 Å². The Morgan fingerprint density at radius 3 is 2.43 bits per heavy atom. The lowest BCUT2D eigenvalue weighted by molar-refractivity contribution is 0.104. The van der Waals surface area contributed by atoms with Crippen molar-refractivity contribution in [3.05, 3.63) is 71.9 Å². The summed E-state index contributed by atoms with van der Waals surface area (Å²) in [6.07, 6.45) is 1.09. The van der Waals surface area contributed by atoms with E-state index in [1.54, 1.807) is 36.5 Å². The fourth-order valence-corrected chi connectivity index (χ4v) is 2.37. The van der Waals surface area contributed by atoms with Gasteiger partial charge in [-0.05, 0) is 12.1 Å². The summed E-state index contributed by atoms with van der Waals surface area (Å²) in [6.45, 7) is 0. The third kappa shape index (κ3) is 2.21. The Labute approximate surface area is 121 Å². The zero-order valence-electron chi connectivity index (χ0n) is 11.4. The number of benzene rings is 2. The van der Waals surface area contributed by atoms with E-state index < -0.39 is 6.09 Å². The Morgan fingerprint density at radius 1 is 0.952 bits per heavy atom. The van der Waals surface area contributed by atoms with Crippen LogP contribution < -0.4 is 0 Å². The average Bonchev–Trinajstić information content (AvgIpc) is 2.98. The number of aromatic nitrogens is 1. The number of rotatable bonds is 2. The molecule has 4 nitrogen and oxygen atoms in total. The van der Waals surface area contributed by atoms with E-state index in [9.17, 15) is 9.59 Å². The minimum atomic E-state index is -0.515. The molecule has 4 heteroatoms. The molecule has 3 aromatic rings. The standard InChI is InChI=1S/C17H13NO3/c1-21-17(20)18-11-10-12-8-5-9-14(15(12)18)16(19)13-6-3-2-4-7-13/h2-11H,1H3. The molecule has 0 unspecified atom stereocenters. The minimum Gasteiger partial charge on any atom is -0.452 e. The third-order valence-electron chi connectivity index (χ3n) is 3.36. The molecule has 0 spiro atoms. The summed E-state index contributed by atoms with van der Waals surface area (Å²) in [5.74, 6) is -0.120. The molecule has 0 N–H and O–H groups in total. The quantitative estimate of drug-likeness (QED) is 0.675. The number of para-hydroxylation sites is 1. The predicted octanol–water partition coefficient (Wildman–Crippen LogP) is 3.49. The van der Waals surface area contributed by atoms with Gasteiger partial charge in [0, 0.05) is 22.7 Å². The van der Waals surface area contributed by atoms with Crippen LogP contribution in [0.4, 0.5) is 4.79 Å². The molecule has 0 saturated heterocycles. The first-order valence-corrected chi connectivity index (χ1v) is 6.50. The molecule has 0 aliphatic rings. The highest BCUT2D eigenvalue weighted by atomic mass is 16.5. The number of hydrogen-bond acceptors (Lipinski definition) is 3. The molecule has 0 atom stereocenters. The van der Waals surface area contributed by atoms with Gasteiger partial charge in [0.1, 0.15) is 0 Å². The normalized spacial score (nSPS) is 10.5. The van der Waals surface area contributed by atoms with E-state index in [4.69, 9.17) is 4.74 Å². The highest BCUT2D eigenvalue weighted by Crippen LogP contribution is 2.23. The summed E-state index contributed by atoms with van der Waals surface area (Å²) < 4.78 is 6.11. The molecule has 0 aliphatic carbocycles. The van der Waals surface area contributed by atoms with Crippen LogP contribution in [0, 0.1) is 0 Å². The second-order valence-corrected chi connectivity index (χ2v) is 4.59. The summed E-state index contributed by atoms with van der Waals surface area (Å²) in [5.41, 5.74) is 1.63. The van der Waals surface area contributed by atoms with E-state index in [0.717, 1.165) is 5.39 Å². The zero-order chi connectivity index (χ0) is 14.8. The summed E-state index contributed by atoms with van der Waals surface area (Å²) >= 11 is 0. The Bertz CT molecular complexity index is 818. The van der Waals surface area contributed by atoms with Gasteiger partial charge in [-0.3, -0.25) is 9.36 Å². The molecule has 0 fully saturated rings. The summed E-state index contributed by atoms with van der Waals surface area (Å²) in [5, 5.41) is 0.821. The van der Waals surface area contributed by atoms with Crippen molar-refractivity contribution in [2.24, 2.45) is 0 Å². The van der Waals surface area contributed by atoms with Gasteiger partial charge in [-0.15, -0.1) is 0 Å². The van der Waals surface area contributed by atoms with Crippen LogP contribution in [0.1, 0.15) is 15.9 Å². The molecule has 0 aliphatic heterocycles. The number of methoxy groups -OCH3 is 1. The lowest BCUT2D eigenvalue weighted by Crippen LogP contribution is -2.12. The van der Waals surface area contributed by atoms with E-state index in [0.29, 0.717) is 16.6 Å². The van der Waals surface area contributed by atoms with Gasteiger partial charge >= 0.3 is 6.09 Å². The first-order chi connectivity index (χ1) is 10.2. The molecule has 3 rings (SSSR count). The molecule has 0 amide bonds. The van der Waals surface area contributed by atoms with E-state index in [-0.39, 0.29) is 5.78 Å². The Balaban J connectivity index is 2.21. The van der Waals surface area contributed by atoms with Crippen LogP contribution in [0.25, 0.3) is 10.9 Å². The maximum Gasteiger partial charge on any atom is 0.418 e. The predicted molar refractivity (Wildman–Crippen MR) is 79.6 cm³/mol. The SMILES string of the molecule is COC(=O)n1ccc2cccc(C(=O)c3ccccc3)c21. The molecule has 1 aromatic heterocycles. The first kappa shape index (κ1) is 13.1. The van der Waals surface area contributed by atoms with Gasteiger partial charge in [-0.25, -0.2) is 4.79 Å². The Hall–Kier alpha value is -2.88. The maximum atomic E-state index is 12.7. The molecule has 104 valence electrons. The number of carbonyl (C=O) groups is 2. The highest BCUT2D eigenvalue weighted by Gasteiger charge is 2.17. The molecule has 0 radical (unpaired) electrons.